The molecule has 1 atom stereocenters. The van der Waals surface area contributed by atoms with Crippen molar-refractivity contribution in [3.63, 3.8) is 0 Å². The molecule has 1 N–H and O–H groups in total. The van der Waals surface area contributed by atoms with Crippen LogP contribution in [0.4, 0.5) is 0 Å². The average Bonchev–Trinajstić information content (AvgIpc) is 2.44. The number of halogens is 1. The van der Waals surface area contributed by atoms with Crippen LogP contribution in [-0.2, 0) is 6.42 Å². The summed E-state index contributed by atoms with van der Waals surface area (Å²) in [7, 11) is 0. The van der Waals surface area contributed by atoms with Crippen molar-refractivity contribution in [1.29, 1.82) is 0 Å². The van der Waals surface area contributed by atoms with Gasteiger partial charge in [-0.05, 0) is 62.1 Å². The van der Waals surface area contributed by atoms with Crippen LogP contribution in [0, 0.1) is 13.8 Å². The third kappa shape index (κ3) is 4.59. The Kier molecular flexibility index (Phi) is 5.84. The molecule has 0 aliphatic heterocycles. The van der Waals surface area contributed by atoms with Crippen LogP contribution < -0.4 is 5.32 Å². The Balaban J connectivity index is 2.25. The zero-order chi connectivity index (χ0) is 15.2. The molecule has 0 saturated heterocycles. The summed E-state index contributed by atoms with van der Waals surface area (Å²) in [4.78, 5) is 0. The molecule has 0 amide bonds. The number of hydrogen-bond donors (Lipinski definition) is 1. The van der Waals surface area contributed by atoms with Gasteiger partial charge in [0.25, 0.3) is 0 Å². The van der Waals surface area contributed by atoms with Crippen LogP contribution in [-0.4, -0.2) is 6.54 Å². The topological polar surface area (TPSA) is 12.0 Å². The van der Waals surface area contributed by atoms with Gasteiger partial charge in [0.05, 0.1) is 0 Å². The second-order valence-corrected chi connectivity index (χ2v) is 6.14. The Bertz CT molecular complexity index is 592. The highest BCUT2D eigenvalue weighted by atomic mass is 35.5. The maximum atomic E-state index is 6.11. The quantitative estimate of drug-likeness (QED) is 0.769. The van der Waals surface area contributed by atoms with E-state index in [1.54, 1.807) is 0 Å². The van der Waals surface area contributed by atoms with E-state index in [0.717, 1.165) is 24.4 Å². The molecule has 0 radical (unpaired) electrons. The summed E-state index contributed by atoms with van der Waals surface area (Å²) in [5.74, 6) is 0. The minimum absolute atomic E-state index is 0.337. The zero-order valence-corrected chi connectivity index (χ0v) is 13.9. The second-order valence-electron chi connectivity index (χ2n) is 5.70. The summed E-state index contributed by atoms with van der Waals surface area (Å²) in [6, 6.07) is 15.2. The summed E-state index contributed by atoms with van der Waals surface area (Å²) >= 11 is 6.11. The molecule has 2 aromatic rings. The molecule has 0 aromatic heterocycles. The maximum Gasteiger partial charge on any atom is 0.0408 e. The van der Waals surface area contributed by atoms with Gasteiger partial charge in [0, 0.05) is 11.1 Å². The predicted molar refractivity (Wildman–Crippen MR) is 92.1 cm³/mol. The van der Waals surface area contributed by atoms with E-state index in [0.29, 0.717) is 6.04 Å². The Morgan fingerprint density at radius 1 is 1.10 bits per heavy atom. The first-order valence-electron chi connectivity index (χ1n) is 7.65. The van der Waals surface area contributed by atoms with Gasteiger partial charge in [0.15, 0.2) is 0 Å². The Hall–Kier alpha value is -1.31. The fraction of sp³-hybridized carbons (Fsp3) is 0.368. The van der Waals surface area contributed by atoms with Crippen molar-refractivity contribution >= 4 is 11.6 Å². The highest BCUT2D eigenvalue weighted by Crippen LogP contribution is 2.24. The van der Waals surface area contributed by atoms with Gasteiger partial charge in [-0.15, -0.1) is 0 Å². The molecule has 0 heterocycles. The van der Waals surface area contributed by atoms with Crippen molar-refractivity contribution < 1.29 is 0 Å². The van der Waals surface area contributed by atoms with Gasteiger partial charge in [0.1, 0.15) is 0 Å². The second kappa shape index (κ2) is 7.63. The first-order valence-corrected chi connectivity index (χ1v) is 8.03. The SMILES string of the molecule is CCCNC(Cc1cccc(Cl)c1)c1ccc(C)cc1C. The molecule has 2 aromatic carbocycles. The van der Waals surface area contributed by atoms with Gasteiger partial charge in [-0.3, -0.25) is 0 Å². The third-order valence-electron chi connectivity index (χ3n) is 3.77. The van der Waals surface area contributed by atoms with E-state index in [1.807, 2.05) is 12.1 Å². The molecule has 1 nitrogen and oxygen atoms in total. The number of aryl methyl sites for hydroxylation is 2. The normalized spacial score (nSPS) is 12.4. The smallest absolute Gasteiger partial charge is 0.0408 e. The van der Waals surface area contributed by atoms with E-state index < -0.39 is 0 Å². The number of hydrogen-bond acceptors (Lipinski definition) is 1. The van der Waals surface area contributed by atoms with Crippen molar-refractivity contribution in [1.82, 2.24) is 5.32 Å². The molecule has 0 spiro atoms. The summed E-state index contributed by atoms with van der Waals surface area (Å²) in [5, 5.41) is 4.48. The van der Waals surface area contributed by atoms with E-state index in [-0.39, 0.29) is 0 Å². The first kappa shape index (κ1) is 16.1. The first-order chi connectivity index (χ1) is 10.1. The van der Waals surface area contributed by atoms with Gasteiger partial charge in [-0.2, -0.15) is 0 Å². The lowest BCUT2D eigenvalue weighted by atomic mass is 9.94. The van der Waals surface area contributed by atoms with Crippen LogP contribution in [0.25, 0.3) is 0 Å². The van der Waals surface area contributed by atoms with E-state index in [2.05, 4.69) is 56.4 Å². The standard InChI is InChI=1S/C19H24ClN/c1-4-10-21-19(13-16-6-5-7-17(20)12-16)18-9-8-14(2)11-15(18)3/h5-9,11-12,19,21H,4,10,13H2,1-3H3. The van der Waals surface area contributed by atoms with Crippen LogP contribution >= 0.6 is 11.6 Å². The fourth-order valence-corrected chi connectivity index (χ4v) is 2.94. The van der Waals surface area contributed by atoms with E-state index >= 15 is 0 Å². The third-order valence-corrected chi connectivity index (χ3v) is 4.01. The van der Waals surface area contributed by atoms with Gasteiger partial charge >= 0.3 is 0 Å². The fourth-order valence-electron chi connectivity index (χ4n) is 2.73. The summed E-state index contributed by atoms with van der Waals surface area (Å²) in [5.41, 5.74) is 5.32. The van der Waals surface area contributed by atoms with Crippen molar-refractivity contribution in [2.24, 2.45) is 0 Å². The molecule has 0 bridgehead atoms. The maximum absolute atomic E-state index is 6.11. The van der Waals surface area contributed by atoms with Gasteiger partial charge in [0.2, 0.25) is 0 Å². The lowest BCUT2D eigenvalue weighted by Gasteiger charge is -2.21. The van der Waals surface area contributed by atoms with Crippen LogP contribution in [0.5, 0.6) is 0 Å². The molecule has 0 saturated carbocycles. The van der Waals surface area contributed by atoms with Crippen LogP contribution in [0.15, 0.2) is 42.5 Å². The minimum Gasteiger partial charge on any atom is -0.310 e. The highest BCUT2D eigenvalue weighted by Gasteiger charge is 2.14. The summed E-state index contributed by atoms with van der Waals surface area (Å²) in [6.07, 6.45) is 2.10. The zero-order valence-electron chi connectivity index (χ0n) is 13.1. The number of nitrogens with one attached hydrogen (secondary N) is 1. The van der Waals surface area contributed by atoms with Gasteiger partial charge < -0.3 is 5.32 Å². The number of rotatable bonds is 6. The van der Waals surface area contributed by atoms with Crippen LogP contribution in [0.3, 0.4) is 0 Å². The van der Waals surface area contributed by atoms with Crippen molar-refractivity contribution in [2.75, 3.05) is 6.54 Å². The van der Waals surface area contributed by atoms with E-state index in [4.69, 9.17) is 11.6 Å². The minimum atomic E-state index is 0.337. The van der Waals surface area contributed by atoms with Crippen LogP contribution in [0.1, 0.15) is 41.6 Å². The number of benzene rings is 2. The highest BCUT2D eigenvalue weighted by molar-refractivity contribution is 6.30. The molecular weight excluding hydrogens is 278 g/mol. The summed E-state index contributed by atoms with van der Waals surface area (Å²) < 4.78 is 0. The molecule has 0 aliphatic carbocycles. The molecule has 0 aliphatic rings. The van der Waals surface area contributed by atoms with Crippen molar-refractivity contribution in [2.45, 2.75) is 39.7 Å². The molecule has 2 heteroatoms. The molecular formula is C19H24ClN. The van der Waals surface area contributed by atoms with Crippen molar-refractivity contribution in [3.8, 4) is 0 Å². The Labute approximate surface area is 133 Å². The summed E-state index contributed by atoms with van der Waals surface area (Å²) in [6.45, 7) is 7.56. The molecule has 21 heavy (non-hydrogen) atoms. The largest absolute Gasteiger partial charge is 0.310 e. The lowest BCUT2D eigenvalue weighted by Crippen LogP contribution is -2.24. The molecule has 1 unspecified atom stereocenters. The average molecular weight is 302 g/mol. The van der Waals surface area contributed by atoms with Gasteiger partial charge in [-0.1, -0.05) is 54.4 Å². The molecule has 0 fully saturated rings. The van der Waals surface area contributed by atoms with Crippen molar-refractivity contribution in [3.05, 3.63) is 69.7 Å². The van der Waals surface area contributed by atoms with E-state index in [1.165, 1.54) is 22.3 Å². The molecule has 2 rings (SSSR count). The van der Waals surface area contributed by atoms with E-state index in [9.17, 15) is 0 Å². The Morgan fingerprint density at radius 3 is 2.57 bits per heavy atom. The lowest BCUT2D eigenvalue weighted by molar-refractivity contribution is 0.527. The predicted octanol–water partition coefficient (Wildman–Crippen LogP) is 5.24. The monoisotopic (exact) mass is 301 g/mol. The Morgan fingerprint density at radius 2 is 1.90 bits per heavy atom. The van der Waals surface area contributed by atoms with Crippen LogP contribution in [0.2, 0.25) is 5.02 Å². The molecule has 112 valence electrons. The van der Waals surface area contributed by atoms with Gasteiger partial charge in [-0.25, -0.2) is 0 Å².